The molecular formula is C12H26N2. The van der Waals surface area contributed by atoms with E-state index in [9.17, 15) is 0 Å². The first-order valence-electron chi connectivity index (χ1n) is 6.22. The summed E-state index contributed by atoms with van der Waals surface area (Å²) < 4.78 is 0. The average molecular weight is 198 g/mol. The van der Waals surface area contributed by atoms with Crippen LogP contribution in [0.5, 0.6) is 0 Å². The average Bonchev–Trinajstić information content (AvgIpc) is 2.97. The van der Waals surface area contributed by atoms with Gasteiger partial charge in [0.15, 0.2) is 0 Å². The van der Waals surface area contributed by atoms with E-state index in [1.807, 2.05) is 0 Å². The van der Waals surface area contributed by atoms with E-state index < -0.39 is 0 Å². The fourth-order valence-corrected chi connectivity index (χ4v) is 2.01. The Balaban J connectivity index is 2.22. The molecule has 0 aromatic rings. The van der Waals surface area contributed by atoms with Crippen molar-refractivity contribution in [3.63, 3.8) is 0 Å². The fraction of sp³-hybridized carbons (Fsp3) is 1.00. The van der Waals surface area contributed by atoms with E-state index in [-0.39, 0.29) is 0 Å². The summed E-state index contributed by atoms with van der Waals surface area (Å²) in [5.41, 5.74) is 5.55. The Morgan fingerprint density at radius 1 is 1.43 bits per heavy atom. The Kier molecular flexibility index (Phi) is 5.49. The maximum absolute atomic E-state index is 5.55. The second kappa shape index (κ2) is 6.41. The third-order valence-electron chi connectivity index (χ3n) is 3.15. The zero-order valence-corrected chi connectivity index (χ0v) is 9.84. The van der Waals surface area contributed by atoms with E-state index in [0.29, 0.717) is 0 Å². The lowest BCUT2D eigenvalue weighted by atomic mass is 10.1. The van der Waals surface area contributed by atoms with Gasteiger partial charge in [-0.3, -0.25) is 0 Å². The van der Waals surface area contributed by atoms with E-state index >= 15 is 0 Å². The van der Waals surface area contributed by atoms with Crippen LogP contribution in [0.4, 0.5) is 0 Å². The minimum Gasteiger partial charge on any atom is -0.330 e. The first-order chi connectivity index (χ1) is 6.77. The Morgan fingerprint density at radius 3 is 2.64 bits per heavy atom. The lowest BCUT2D eigenvalue weighted by Gasteiger charge is -2.28. The number of hydrogen-bond acceptors (Lipinski definition) is 2. The summed E-state index contributed by atoms with van der Waals surface area (Å²) in [6.45, 7) is 8.07. The summed E-state index contributed by atoms with van der Waals surface area (Å²) in [6.07, 6.45) is 6.64. The minimum absolute atomic E-state index is 0.735. The van der Waals surface area contributed by atoms with E-state index in [1.165, 1.54) is 45.2 Å². The Hall–Kier alpha value is -0.0800. The van der Waals surface area contributed by atoms with E-state index in [2.05, 4.69) is 18.7 Å². The SMILES string of the molecule is CCCN(CC1CC1)C(C)CCCN. The van der Waals surface area contributed by atoms with Crippen LogP contribution < -0.4 is 5.73 Å². The van der Waals surface area contributed by atoms with Gasteiger partial charge in [0.25, 0.3) is 0 Å². The van der Waals surface area contributed by atoms with Crippen molar-refractivity contribution in [3.8, 4) is 0 Å². The molecule has 1 aliphatic carbocycles. The highest BCUT2D eigenvalue weighted by Crippen LogP contribution is 2.30. The van der Waals surface area contributed by atoms with Gasteiger partial charge in [0.2, 0.25) is 0 Å². The first-order valence-corrected chi connectivity index (χ1v) is 6.22. The fourth-order valence-electron chi connectivity index (χ4n) is 2.01. The van der Waals surface area contributed by atoms with Gasteiger partial charge in [-0.25, -0.2) is 0 Å². The standard InChI is InChI=1S/C12H26N2/c1-3-9-14(10-12-6-7-12)11(2)5-4-8-13/h11-12H,3-10,13H2,1-2H3. The smallest absolute Gasteiger partial charge is 0.00675 e. The molecule has 1 saturated carbocycles. The first kappa shape index (κ1) is 12.0. The highest BCUT2D eigenvalue weighted by molar-refractivity contribution is 4.79. The molecule has 2 heteroatoms. The number of nitrogens with zero attached hydrogens (tertiary/aromatic N) is 1. The van der Waals surface area contributed by atoms with Crippen LogP contribution in [0.25, 0.3) is 0 Å². The normalized spacial score (nSPS) is 18.9. The van der Waals surface area contributed by atoms with E-state index in [1.54, 1.807) is 0 Å². The van der Waals surface area contributed by atoms with Crippen LogP contribution in [0.15, 0.2) is 0 Å². The summed E-state index contributed by atoms with van der Waals surface area (Å²) in [5.74, 6) is 1.02. The van der Waals surface area contributed by atoms with Gasteiger partial charge in [0.05, 0.1) is 0 Å². The van der Waals surface area contributed by atoms with Crippen LogP contribution in [0.2, 0.25) is 0 Å². The molecule has 2 N–H and O–H groups in total. The molecule has 1 rings (SSSR count). The summed E-state index contributed by atoms with van der Waals surface area (Å²) in [6, 6.07) is 0.735. The summed E-state index contributed by atoms with van der Waals surface area (Å²) in [7, 11) is 0. The van der Waals surface area contributed by atoms with Crippen molar-refractivity contribution in [3.05, 3.63) is 0 Å². The number of nitrogens with two attached hydrogens (primary N) is 1. The number of rotatable bonds is 8. The Morgan fingerprint density at radius 2 is 2.14 bits per heavy atom. The van der Waals surface area contributed by atoms with Crippen LogP contribution in [0.3, 0.4) is 0 Å². The predicted molar refractivity (Wildman–Crippen MR) is 62.3 cm³/mol. The highest BCUT2D eigenvalue weighted by Gasteiger charge is 2.25. The molecule has 84 valence electrons. The third-order valence-corrected chi connectivity index (χ3v) is 3.15. The Bertz CT molecular complexity index is 143. The van der Waals surface area contributed by atoms with Crippen molar-refractivity contribution in [2.45, 2.75) is 52.0 Å². The third kappa shape index (κ3) is 4.43. The quantitative estimate of drug-likeness (QED) is 0.648. The van der Waals surface area contributed by atoms with Gasteiger partial charge in [0, 0.05) is 12.6 Å². The largest absolute Gasteiger partial charge is 0.330 e. The van der Waals surface area contributed by atoms with Crippen LogP contribution >= 0.6 is 0 Å². The monoisotopic (exact) mass is 198 g/mol. The van der Waals surface area contributed by atoms with Gasteiger partial charge in [0.1, 0.15) is 0 Å². The molecule has 0 amide bonds. The van der Waals surface area contributed by atoms with Gasteiger partial charge < -0.3 is 10.6 Å². The maximum Gasteiger partial charge on any atom is 0.00675 e. The molecule has 0 bridgehead atoms. The zero-order valence-electron chi connectivity index (χ0n) is 9.84. The second-order valence-electron chi connectivity index (χ2n) is 4.72. The van der Waals surface area contributed by atoms with Gasteiger partial charge in [-0.15, -0.1) is 0 Å². The lowest BCUT2D eigenvalue weighted by molar-refractivity contribution is 0.190. The van der Waals surface area contributed by atoms with Crippen molar-refractivity contribution in [1.82, 2.24) is 4.90 Å². The van der Waals surface area contributed by atoms with E-state index in [0.717, 1.165) is 18.5 Å². The van der Waals surface area contributed by atoms with Crippen molar-refractivity contribution in [2.24, 2.45) is 11.7 Å². The molecule has 0 aromatic carbocycles. The molecule has 0 aromatic heterocycles. The van der Waals surface area contributed by atoms with Gasteiger partial charge >= 0.3 is 0 Å². The zero-order chi connectivity index (χ0) is 10.4. The van der Waals surface area contributed by atoms with Crippen molar-refractivity contribution < 1.29 is 0 Å². The van der Waals surface area contributed by atoms with Crippen molar-refractivity contribution >= 4 is 0 Å². The summed E-state index contributed by atoms with van der Waals surface area (Å²) >= 11 is 0. The van der Waals surface area contributed by atoms with Crippen LogP contribution in [-0.4, -0.2) is 30.6 Å². The number of hydrogen-bond donors (Lipinski definition) is 1. The molecule has 0 heterocycles. The molecule has 0 radical (unpaired) electrons. The molecule has 0 spiro atoms. The molecule has 1 fully saturated rings. The molecule has 2 nitrogen and oxygen atoms in total. The van der Waals surface area contributed by atoms with Crippen molar-refractivity contribution in [1.29, 1.82) is 0 Å². The molecule has 1 aliphatic rings. The molecular weight excluding hydrogens is 172 g/mol. The van der Waals surface area contributed by atoms with Crippen LogP contribution in [0, 0.1) is 5.92 Å². The minimum atomic E-state index is 0.735. The van der Waals surface area contributed by atoms with Crippen molar-refractivity contribution in [2.75, 3.05) is 19.6 Å². The van der Waals surface area contributed by atoms with Gasteiger partial charge in [-0.05, 0) is 58.0 Å². The lowest BCUT2D eigenvalue weighted by Crippen LogP contribution is -2.35. The van der Waals surface area contributed by atoms with Gasteiger partial charge in [-0.2, -0.15) is 0 Å². The second-order valence-corrected chi connectivity index (χ2v) is 4.72. The molecule has 0 saturated heterocycles. The molecule has 0 aliphatic heterocycles. The van der Waals surface area contributed by atoms with E-state index in [4.69, 9.17) is 5.73 Å². The van der Waals surface area contributed by atoms with Crippen LogP contribution in [-0.2, 0) is 0 Å². The van der Waals surface area contributed by atoms with Crippen LogP contribution in [0.1, 0.15) is 46.0 Å². The summed E-state index contributed by atoms with van der Waals surface area (Å²) in [4.78, 5) is 2.66. The Labute approximate surface area is 88.8 Å². The molecule has 14 heavy (non-hydrogen) atoms. The predicted octanol–water partition coefficient (Wildman–Crippen LogP) is 2.24. The molecule has 1 atom stereocenters. The topological polar surface area (TPSA) is 29.3 Å². The van der Waals surface area contributed by atoms with Gasteiger partial charge in [-0.1, -0.05) is 6.92 Å². The molecule has 1 unspecified atom stereocenters. The summed E-state index contributed by atoms with van der Waals surface area (Å²) in [5, 5.41) is 0. The highest BCUT2D eigenvalue weighted by atomic mass is 15.1. The maximum atomic E-state index is 5.55.